The number of carbonyl (C=O) groups is 2. The number of benzene rings is 2. The number of hydrogen-bond acceptors (Lipinski definition) is 8. The van der Waals surface area contributed by atoms with Crippen LogP contribution < -0.4 is 40.8 Å². The molecule has 0 bridgehead atoms. The predicted octanol–water partition coefficient (Wildman–Crippen LogP) is 3.39. The van der Waals surface area contributed by atoms with E-state index in [-0.39, 0.29) is 24.6 Å². The van der Waals surface area contributed by atoms with Crippen LogP contribution in [-0.4, -0.2) is 49.4 Å². The molecule has 222 valence electrons. The van der Waals surface area contributed by atoms with Crippen LogP contribution in [0.25, 0.3) is 12.2 Å². The average Bonchev–Trinajstić information content (AvgIpc) is 3.00. The van der Waals surface area contributed by atoms with Gasteiger partial charge in [-0.25, -0.2) is 4.79 Å². The van der Waals surface area contributed by atoms with E-state index in [4.69, 9.17) is 18.9 Å². The summed E-state index contributed by atoms with van der Waals surface area (Å²) >= 11 is 0. The molecule has 2 N–H and O–H groups in total. The molecule has 12 nitrogen and oxygen atoms in total. The zero-order chi connectivity index (χ0) is 30.8. The van der Waals surface area contributed by atoms with Crippen molar-refractivity contribution < 1.29 is 28.5 Å². The van der Waals surface area contributed by atoms with Crippen molar-refractivity contribution in [2.75, 3.05) is 39.1 Å². The molecule has 3 aromatic rings. The highest BCUT2D eigenvalue weighted by Crippen LogP contribution is 2.29. The first kappa shape index (κ1) is 31.3. The maximum absolute atomic E-state index is 13.3. The van der Waals surface area contributed by atoms with Crippen LogP contribution in [0.3, 0.4) is 0 Å². The van der Waals surface area contributed by atoms with Gasteiger partial charge in [-0.3, -0.25) is 23.5 Å². The number of amides is 2. The highest BCUT2D eigenvalue weighted by molar-refractivity contribution is 6.07. The van der Waals surface area contributed by atoms with Crippen molar-refractivity contribution >= 4 is 35.5 Å². The van der Waals surface area contributed by atoms with E-state index in [1.807, 2.05) is 0 Å². The number of anilines is 2. The third-order valence-electron chi connectivity index (χ3n) is 6.22. The molecule has 0 saturated heterocycles. The van der Waals surface area contributed by atoms with E-state index < -0.39 is 23.1 Å². The maximum atomic E-state index is 13.3. The lowest BCUT2D eigenvalue weighted by atomic mass is 10.2. The molecule has 1 aromatic heterocycles. The van der Waals surface area contributed by atoms with Crippen LogP contribution in [-0.2, 0) is 22.7 Å². The molecule has 0 spiro atoms. The highest BCUT2D eigenvalue weighted by atomic mass is 16.5. The Hall–Kier alpha value is -5.26. The van der Waals surface area contributed by atoms with Gasteiger partial charge in [-0.2, -0.15) is 0 Å². The van der Waals surface area contributed by atoms with Gasteiger partial charge in [-0.1, -0.05) is 12.1 Å². The molecule has 0 fully saturated rings. The van der Waals surface area contributed by atoms with Crippen LogP contribution in [0.1, 0.15) is 25.0 Å². The van der Waals surface area contributed by atoms with Gasteiger partial charge in [-0.05, 0) is 61.4 Å². The monoisotopic (exact) mass is 578 g/mol. The fraction of sp³-hybridized carbons (Fsp3) is 0.267. The lowest BCUT2D eigenvalue weighted by Gasteiger charge is -2.18. The summed E-state index contributed by atoms with van der Waals surface area (Å²) in [6.45, 7) is 3.51. The van der Waals surface area contributed by atoms with Gasteiger partial charge in [0.2, 0.25) is 11.8 Å². The second-order valence-electron chi connectivity index (χ2n) is 8.67. The van der Waals surface area contributed by atoms with E-state index in [0.717, 1.165) is 4.57 Å². The van der Waals surface area contributed by atoms with E-state index in [0.29, 0.717) is 34.1 Å². The summed E-state index contributed by atoms with van der Waals surface area (Å²) in [5.74, 6) is 0.608. The standard InChI is InChI=1S/C30H34N4O8/c1-7-33-28(32-26(36)16-12-20-10-14-22(40-4)24(18-20)42-6)27(29(37)34(8-2)30(33)38)31-25(35)15-11-19-9-13-21(39-3)23(17-19)41-5/h9-18H,7-8H2,1-6H3,(H,31,35)(H,32,36)/b15-11+,16-12+. The van der Waals surface area contributed by atoms with Gasteiger partial charge in [0.25, 0.3) is 5.56 Å². The summed E-state index contributed by atoms with van der Waals surface area (Å²) < 4.78 is 23.2. The minimum atomic E-state index is -0.751. The molecule has 0 aliphatic carbocycles. The van der Waals surface area contributed by atoms with Crippen molar-refractivity contribution in [1.82, 2.24) is 9.13 Å². The molecule has 0 radical (unpaired) electrons. The number of ether oxygens (including phenoxy) is 4. The molecule has 0 unspecified atom stereocenters. The van der Waals surface area contributed by atoms with Crippen LogP contribution in [0.5, 0.6) is 23.0 Å². The Balaban J connectivity index is 1.94. The lowest BCUT2D eigenvalue weighted by molar-refractivity contribution is -0.112. The quantitative estimate of drug-likeness (QED) is 0.312. The first-order valence-electron chi connectivity index (χ1n) is 13.0. The Morgan fingerprint density at radius 2 is 1.14 bits per heavy atom. The van der Waals surface area contributed by atoms with Crippen LogP contribution in [0.15, 0.2) is 58.1 Å². The smallest absolute Gasteiger partial charge is 0.332 e. The molecular formula is C30H34N4O8. The lowest BCUT2D eigenvalue weighted by Crippen LogP contribution is -2.42. The Bertz CT molecular complexity index is 1640. The summed E-state index contributed by atoms with van der Waals surface area (Å²) in [5, 5.41) is 5.13. The highest BCUT2D eigenvalue weighted by Gasteiger charge is 2.20. The Morgan fingerprint density at radius 1 is 0.690 bits per heavy atom. The maximum Gasteiger partial charge on any atom is 0.332 e. The topological polar surface area (TPSA) is 139 Å². The number of rotatable bonds is 12. The summed E-state index contributed by atoms with van der Waals surface area (Å²) in [7, 11) is 6.03. The van der Waals surface area contributed by atoms with Crippen LogP contribution in [0.2, 0.25) is 0 Å². The van der Waals surface area contributed by atoms with Crippen molar-refractivity contribution in [3.63, 3.8) is 0 Å². The summed E-state index contributed by atoms with van der Waals surface area (Å²) in [6, 6.07) is 10.2. The van der Waals surface area contributed by atoms with E-state index in [2.05, 4.69) is 10.6 Å². The predicted molar refractivity (Wildman–Crippen MR) is 161 cm³/mol. The van der Waals surface area contributed by atoms with E-state index in [1.54, 1.807) is 50.2 Å². The fourth-order valence-electron chi connectivity index (χ4n) is 4.09. The van der Waals surface area contributed by atoms with Crippen molar-refractivity contribution in [3.8, 4) is 23.0 Å². The van der Waals surface area contributed by atoms with E-state index >= 15 is 0 Å². The second kappa shape index (κ2) is 14.4. The average molecular weight is 579 g/mol. The SMILES string of the molecule is CCn1c(NC(=O)/C=C/c2ccc(OC)c(OC)c2)c(NC(=O)/C=C/c2ccc(OC)c(OC)c2)c(=O)n(CC)c1=O. The zero-order valence-corrected chi connectivity index (χ0v) is 24.3. The van der Waals surface area contributed by atoms with Gasteiger partial charge in [0.1, 0.15) is 11.5 Å². The number of nitrogens with one attached hydrogen (secondary N) is 2. The van der Waals surface area contributed by atoms with Gasteiger partial charge >= 0.3 is 5.69 Å². The van der Waals surface area contributed by atoms with E-state index in [1.165, 1.54) is 57.3 Å². The largest absolute Gasteiger partial charge is 0.493 e. The summed E-state index contributed by atoms with van der Waals surface area (Å²) in [4.78, 5) is 52.1. The molecule has 2 amide bonds. The Morgan fingerprint density at radius 3 is 1.57 bits per heavy atom. The van der Waals surface area contributed by atoms with Gasteiger partial charge in [0.15, 0.2) is 23.0 Å². The van der Waals surface area contributed by atoms with Gasteiger partial charge < -0.3 is 29.6 Å². The van der Waals surface area contributed by atoms with Gasteiger partial charge in [0.05, 0.1) is 28.4 Å². The molecule has 0 saturated carbocycles. The fourth-order valence-corrected chi connectivity index (χ4v) is 4.09. The number of aromatic nitrogens is 2. The van der Waals surface area contributed by atoms with Crippen molar-refractivity contribution in [2.24, 2.45) is 0 Å². The number of nitrogens with zero attached hydrogens (tertiary/aromatic N) is 2. The van der Waals surface area contributed by atoms with Crippen LogP contribution >= 0.6 is 0 Å². The van der Waals surface area contributed by atoms with Crippen molar-refractivity contribution in [2.45, 2.75) is 26.9 Å². The van der Waals surface area contributed by atoms with Gasteiger partial charge in [0, 0.05) is 25.2 Å². The third kappa shape index (κ3) is 7.08. The first-order chi connectivity index (χ1) is 20.2. The molecule has 3 rings (SSSR count). The normalized spacial score (nSPS) is 11.0. The number of methoxy groups -OCH3 is 4. The summed E-state index contributed by atoms with van der Waals surface area (Å²) in [6.07, 6.45) is 5.51. The molecule has 0 atom stereocenters. The first-order valence-corrected chi connectivity index (χ1v) is 13.0. The third-order valence-corrected chi connectivity index (χ3v) is 6.22. The van der Waals surface area contributed by atoms with Crippen molar-refractivity contribution in [3.05, 3.63) is 80.5 Å². The molecule has 12 heteroatoms. The Labute approximate surface area is 242 Å². The van der Waals surface area contributed by atoms with E-state index in [9.17, 15) is 19.2 Å². The zero-order valence-electron chi connectivity index (χ0n) is 24.3. The second-order valence-corrected chi connectivity index (χ2v) is 8.67. The molecule has 0 aliphatic rings. The van der Waals surface area contributed by atoms with Gasteiger partial charge in [-0.15, -0.1) is 0 Å². The minimum Gasteiger partial charge on any atom is -0.493 e. The Kier molecular flexibility index (Phi) is 10.7. The minimum absolute atomic E-state index is 0.0649. The van der Waals surface area contributed by atoms with Crippen LogP contribution in [0.4, 0.5) is 11.5 Å². The molecule has 1 heterocycles. The molecular weight excluding hydrogens is 544 g/mol. The number of hydrogen-bond donors (Lipinski definition) is 2. The van der Waals surface area contributed by atoms with Crippen molar-refractivity contribution in [1.29, 1.82) is 0 Å². The summed E-state index contributed by atoms with van der Waals surface area (Å²) in [5.41, 5.74) is -0.331. The molecule has 42 heavy (non-hydrogen) atoms. The molecule has 2 aromatic carbocycles. The number of carbonyl (C=O) groups excluding carboxylic acids is 2. The molecule has 0 aliphatic heterocycles. The van der Waals surface area contributed by atoms with Crippen LogP contribution in [0, 0.1) is 0 Å².